The van der Waals surface area contributed by atoms with Crippen molar-refractivity contribution in [2.75, 3.05) is 6.54 Å². The summed E-state index contributed by atoms with van der Waals surface area (Å²) in [4.78, 5) is 24.2. The van der Waals surface area contributed by atoms with Crippen LogP contribution < -0.4 is 0 Å². The predicted octanol–water partition coefficient (Wildman–Crippen LogP) is 4.16. The van der Waals surface area contributed by atoms with Crippen LogP contribution >= 0.6 is 0 Å². The molecule has 0 bridgehead atoms. The Labute approximate surface area is 155 Å². The smallest absolute Gasteiger partial charge is 0.226 e. The molecule has 26 heavy (non-hydrogen) atoms. The van der Waals surface area contributed by atoms with Crippen LogP contribution in [0, 0.1) is 26.7 Å². The predicted molar refractivity (Wildman–Crippen MR) is 99.5 cm³/mol. The molecule has 1 saturated heterocycles. The van der Waals surface area contributed by atoms with Gasteiger partial charge in [-0.25, -0.2) is 9.97 Å². The zero-order valence-corrected chi connectivity index (χ0v) is 16.4. The van der Waals surface area contributed by atoms with E-state index in [2.05, 4.69) is 24.0 Å². The summed E-state index contributed by atoms with van der Waals surface area (Å²) in [6.07, 6.45) is 5.46. The molecule has 0 N–H and O–H groups in total. The van der Waals surface area contributed by atoms with Crippen molar-refractivity contribution in [3.8, 4) is 11.3 Å². The van der Waals surface area contributed by atoms with E-state index in [1.54, 1.807) is 0 Å². The van der Waals surface area contributed by atoms with Gasteiger partial charge in [-0.2, -0.15) is 0 Å². The third-order valence-electron chi connectivity index (χ3n) is 5.53. The molecule has 6 heteroatoms. The van der Waals surface area contributed by atoms with Crippen molar-refractivity contribution in [2.24, 2.45) is 5.92 Å². The number of amides is 1. The molecule has 1 fully saturated rings. The summed E-state index contributed by atoms with van der Waals surface area (Å²) in [6.45, 7) is 10.8. The van der Waals surface area contributed by atoms with Crippen LogP contribution in [-0.4, -0.2) is 32.5 Å². The minimum Gasteiger partial charge on any atom is -0.356 e. The Morgan fingerprint density at radius 3 is 2.65 bits per heavy atom. The molecule has 0 unspecified atom stereocenters. The fourth-order valence-electron chi connectivity index (χ4n) is 3.77. The molecule has 1 amide bonds. The van der Waals surface area contributed by atoms with Gasteiger partial charge in [0.05, 0.1) is 23.0 Å². The zero-order valence-electron chi connectivity index (χ0n) is 16.4. The number of carbonyl (C=O) groups excluding carboxylic acids is 1. The number of aryl methyl sites for hydroxylation is 2. The molecule has 0 saturated carbocycles. The minimum atomic E-state index is -0.0235. The fraction of sp³-hybridized carbons (Fsp3) is 0.600. The molecule has 2 aromatic heterocycles. The lowest BCUT2D eigenvalue weighted by molar-refractivity contribution is -0.136. The Kier molecular flexibility index (Phi) is 5.39. The number of aromatic nitrogens is 3. The lowest BCUT2D eigenvalue weighted by Crippen LogP contribution is -2.36. The van der Waals surface area contributed by atoms with Gasteiger partial charge < -0.3 is 9.42 Å². The number of carbonyl (C=O) groups is 1. The highest BCUT2D eigenvalue weighted by molar-refractivity contribution is 5.80. The third-order valence-corrected chi connectivity index (χ3v) is 5.53. The lowest BCUT2D eigenvalue weighted by Gasteiger charge is -2.28. The summed E-state index contributed by atoms with van der Waals surface area (Å²) >= 11 is 0. The molecule has 1 atom stereocenters. The van der Waals surface area contributed by atoms with Gasteiger partial charge in [0.2, 0.25) is 5.91 Å². The molecule has 140 valence electrons. The Hall–Kier alpha value is -2.24. The van der Waals surface area contributed by atoms with Gasteiger partial charge >= 0.3 is 0 Å². The molecular weight excluding hydrogens is 328 g/mol. The van der Waals surface area contributed by atoms with E-state index in [1.165, 1.54) is 0 Å². The van der Waals surface area contributed by atoms with Crippen LogP contribution in [0.3, 0.4) is 0 Å². The monoisotopic (exact) mass is 356 g/mol. The summed E-state index contributed by atoms with van der Waals surface area (Å²) < 4.78 is 5.57. The van der Waals surface area contributed by atoms with Crippen LogP contribution in [0.15, 0.2) is 10.7 Å². The van der Waals surface area contributed by atoms with Crippen molar-refractivity contribution >= 4 is 5.91 Å². The summed E-state index contributed by atoms with van der Waals surface area (Å²) in [5, 5.41) is 4.08. The SMILES string of the molecule is CCC(CC)C(=O)N1CCC[C@H]1c1nc(C)ncc1-c1onc(C)c1C. The second-order valence-electron chi connectivity index (χ2n) is 7.14. The Morgan fingerprint density at radius 2 is 2.04 bits per heavy atom. The van der Waals surface area contributed by atoms with Crippen molar-refractivity contribution in [1.82, 2.24) is 20.0 Å². The molecule has 0 spiro atoms. The van der Waals surface area contributed by atoms with Gasteiger partial charge in [0, 0.05) is 24.2 Å². The highest BCUT2D eigenvalue weighted by Gasteiger charge is 2.36. The van der Waals surface area contributed by atoms with Crippen LogP contribution in [0.1, 0.15) is 68.3 Å². The van der Waals surface area contributed by atoms with E-state index < -0.39 is 0 Å². The van der Waals surface area contributed by atoms with Crippen LogP contribution in [0.5, 0.6) is 0 Å². The maximum Gasteiger partial charge on any atom is 0.226 e. The normalized spacial score (nSPS) is 17.3. The van der Waals surface area contributed by atoms with Gasteiger partial charge in [-0.3, -0.25) is 4.79 Å². The van der Waals surface area contributed by atoms with E-state index in [0.717, 1.165) is 54.7 Å². The molecular formula is C20H28N4O2. The van der Waals surface area contributed by atoms with Crippen molar-refractivity contribution in [1.29, 1.82) is 0 Å². The topological polar surface area (TPSA) is 72.1 Å². The van der Waals surface area contributed by atoms with E-state index in [0.29, 0.717) is 11.6 Å². The number of hydrogen-bond donors (Lipinski definition) is 0. The van der Waals surface area contributed by atoms with Gasteiger partial charge in [-0.05, 0) is 46.5 Å². The van der Waals surface area contributed by atoms with Crippen LogP contribution in [-0.2, 0) is 4.79 Å². The van der Waals surface area contributed by atoms with Gasteiger partial charge in [-0.1, -0.05) is 19.0 Å². The maximum atomic E-state index is 13.0. The van der Waals surface area contributed by atoms with Crippen molar-refractivity contribution < 1.29 is 9.32 Å². The van der Waals surface area contributed by atoms with E-state index in [1.807, 2.05) is 31.9 Å². The lowest BCUT2D eigenvalue weighted by atomic mass is 9.98. The zero-order chi connectivity index (χ0) is 18.8. The first kappa shape index (κ1) is 18.5. The highest BCUT2D eigenvalue weighted by Crippen LogP contribution is 2.38. The molecule has 3 heterocycles. The molecule has 2 aromatic rings. The molecule has 0 radical (unpaired) electrons. The molecule has 0 aliphatic carbocycles. The maximum absolute atomic E-state index is 13.0. The standard InChI is InChI=1S/C20H28N4O2/c1-6-15(7-2)20(25)24-10-8-9-17(24)18-16(11-21-14(5)22-18)19-12(3)13(4)23-26-19/h11,15,17H,6-10H2,1-5H3/t17-/m0/s1. The van der Waals surface area contributed by atoms with Crippen LogP contribution in [0.25, 0.3) is 11.3 Å². The minimum absolute atomic E-state index is 0.0235. The van der Waals surface area contributed by atoms with Gasteiger partial charge in [-0.15, -0.1) is 0 Å². The van der Waals surface area contributed by atoms with E-state index in [4.69, 9.17) is 9.51 Å². The van der Waals surface area contributed by atoms with E-state index in [-0.39, 0.29) is 17.9 Å². The van der Waals surface area contributed by atoms with Gasteiger partial charge in [0.1, 0.15) is 5.82 Å². The summed E-state index contributed by atoms with van der Waals surface area (Å²) in [7, 11) is 0. The molecule has 3 rings (SSSR count). The number of nitrogens with zero attached hydrogens (tertiary/aromatic N) is 4. The van der Waals surface area contributed by atoms with Crippen LogP contribution in [0.2, 0.25) is 0 Å². The molecule has 0 aromatic carbocycles. The number of rotatable bonds is 5. The number of likely N-dealkylation sites (tertiary alicyclic amines) is 1. The third kappa shape index (κ3) is 3.24. The van der Waals surface area contributed by atoms with Crippen molar-refractivity contribution in [3.05, 3.63) is 29.0 Å². The second kappa shape index (κ2) is 7.56. The first-order chi connectivity index (χ1) is 12.5. The largest absolute Gasteiger partial charge is 0.356 e. The highest BCUT2D eigenvalue weighted by atomic mass is 16.5. The van der Waals surface area contributed by atoms with E-state index >= 15 is 0 Å². The van der Waals surface area contributed by atoms with Crippen molar-refractivity contribution in [3.63, 3.8) is 0 Å². The Bertz CT molecular complexity index is 795. The van der Waals surface area contributed by atoms with E-state index in [9.17, 15) is 4.79 Å². The van der Waals surface area contributed by atoms with Gasteiger partial charge in [0.15, 0.2) is 5.76 Å². The summed E-state index contributed by atoms with van der Waals surface area (Å²) in [5.41, 5.74) is 3.59. The molecule has 6 nitrogen and oxygen atoms in total. The summed E-state index contributed by atoms with van der Waals surface area (Å²) in [5.74, 6) is 1.74. The van der Waals surface area contributed by atoms with Crippen LogP contribution in [0.4, 0.5) is 0 Å². The fourth-order valence-corrected chi connectivity index (χ4v) is 3.77. The first-order valence-corrected chi connectivity index (χ1v) is 9.55. The quantitative estimate of drug-likeness (QED) is 0.804. The summed E-state index contributed by atoms with van der Waals surface area (Å²) in [6, 6.07) is -0.0235. The second-order valence-corrected chi connectivity index (χ2v) is 7.14. The average Bonchev–Trinajstić information content (AvgIpc) is 3.24. The van der Waals surface area contributed by atoms with Gasteiger partial charge in [0.25, 0.3) is 0 Å². The Balaban J connectivity index is 2.04. The first-order valence-electron chi connectivity index (χ1n) is 9.55. The Morgan fingerprint density at radius 1 is 1.31 bits per heavy atom. The average molecular weight is 356 g/mol. The molecule has 1 aliphatic rings. The molecule has 1 aliphatic heterocycles. The van der Waals surface area contributed by atoms with Crippen molar-refractivity contribution in [2.45, 2.75) is 66.3 Å². The number of hydrogen-bond acceptors (Lipinski definition) is 5.